The van der Waals surface area contributed by atoms with E-state index >= 15 is 0 Å². The number of rotatable bonds is 6. The van der Waals surface area contributed by atoms with Crippen molar-refractivity contribution in [1.29, 1.82) is 0 Å². The van der Waals surface area contributed by atoms with Gasteiger partial charge in [-0.2, -0.15) is 0 Å². The van der Waals surface area contributed by atoms with Gasteiger partial charge in [-0.3, -0.25) is 4.79 Å². The summed E-state index contributed by atoms with van der Waals surface area (Å²) in [6.45, 7) is 8.86. The number of anilines is 1. The molecule has 3 rings (SSSR count). The minimum absolute atomic E-state index is 0.0822. The molecule has 0 spiro atoms. The average molecular weight is 380 g/mol. The normalized spacial score (nSPS) is 10.9. The summed E-state index contributed by atoms with van der Waals surface area (Å²) in [7, 11) is 0. The van der Waals surface area contributed by atoms with Gasteiger partial charge in [0.15, 0.2) is 0 Å². The number of aryl methyl sites for hydroxylation is 1. The summed E-state index contributed by atoms with van der Waals surface area (Å²) in [5.41, 5.74) is 5.41. The second-order valence-corrected chi connectivity index (χ2v) is 7.94. The molecule has 0 aliphatic heterocycles. The zero-order valence-corrected chi connectivity index (χ0v) is 17.0. The van der Waals surface area contributed by atoms with Crippen LogP contribution < -0.4 is 10.1 Å². The lowest BCUT2D eigenvalue weighted by atomic mass is 10.0. The highest BCUT2D eigenvalue weighted by atomic mass is 32.1. The summed E-state index contributed by atoms with van der Waals surface area (Å²) in [5.74, 6) is 1.27. The topological polar surface area (TPSA) is 38.3 Å². The molecule has 0 fully saturated rings. The molecule has 1 heterocycles. The van der Waals surface area contributed by atoms with Crippen molar-refractivity contribution < 1.29 is 9.53 Å². The van der Waals surface area contributed by atoms with Gasteiger partial charge in [0.25, 0.3) is 5.91 Å². The van der Waals surface area contributed by atoms with Crippen LogP contribution in [0.4, 0.5) is 5.69 Å². The van der Waals surface area contributed by atoms with Crippen LogP contribution in [0.1, 0.15) is 51.7 Å². The smallest absolute Gasteiger partial charge is 0.265 e. The first-order valence-electron chi connectivity index (χ1n) is 9.12. The highest BCUT2D eigenvalue weighted by Gasteiger charge is 2.12. The van der Waals surface area contributed by atoms with Gasteiger partial charge in [0.1, 0.15) is 12.4 Å². The lowest BCUT2D eigenvalue weighted by Gasteiger charge is -2.09. The van der Waals surface area contributed by atoms with E-state index in [4.69, 9.17) is 4.74 Å². The Morgan fingerprint density at radius 1 is 1.11 bits per heavy atom. The molecule has 1 amide bonds. The first-order chi connectivity index (χ1) is 12.9. The fraction of sp³-hybridized carbons (Fsp3) is 0.261. The summed E-state index contributed by atoms with van der Waals surface area (Å²) in [5, 5.41) is 4.97. The standard InChI is InChI=1S/C23H25NO2S/c1-15(2)19-8-10-20(11-9-19)26-13-18-12-22(27-14-18)23(25)24-21-7-5-6-16(3)17(21)4/h5-12,14-15H,13H2,1-4H3,(H,24,25). The van der Waals surface area contributed by atoms with Crippen LogP contribution in [0.3, 0.4) is 0 Å². The molecular weight excluding hydrogens is 354 g/mol. The summed E-state index contributed by atoms with van der Waals surface area (Å²) in [6, 6.07) is 16.0. The van der Waals surface area contributed by atoms with Crippen molar-refractivity contribution in [3.05, 3.63) is 81.0 Å². The predicted octanol–water partition coefficient (Wildman–Crippen LogP) is 6.32. The summed E-state index contributed by atoms with van der Waals surface area (Å²) < 4.78 is 5.85. The van der Waals surface area contributed by atoms with Crippen molar-refractivity contribution in [3.63, 3.8) is 0 Å². The zero-order chi connectivity index (χ0) is 19.4. The Hall–Kier alpha value is -2.59. The van der Waals surface area contributed by atoms with Crippen LogP contribution in [0.15, 0.2) is 53.9 Å². The quantitative estimate of drug-likeness (QED) is 0.544. The van der Waals surface area contributed by atoms with E-state index in [1.54, 1.807) is 0 Å². The van der Waals surface area contributed by atoms with Crippen molar-refractivity contribution in [3.8, 4) is 5.75 Å². The number of benzene rings is 2. The largest absolute Gasteiger partial charge is 0.489 e. The lowest BCUT2D eigenvalue weighted by molar-refractivity contribution is 0.103. The first kappa shape index (κ1) is 19.2. The van der Waals surface area contributed by atoms with E-state index in [1.165, 1.54) is 16.9 Å². The number of thiophene rings is 1. The van der Waals surface area contributed by atoms with Crippen molar-refractivity contribution in [2.75, 3.05) is 5.32 Å². The molecule has 0 atom stereocenters. The van der Waals surface area contributed by atoms with E-state index in [0.717, 1.165) is 28.1 Å². The molecule has 0 aliphatic rings. The van der Waals surface area contributed by atoms with Crippen molar-refractivity contribution >= 4 is 22.9 Å². The van der Waals surface area contributed by atoms with E-state index in [1.807, 2.05) is 55.6 Å². The zero-order valence-electron chi connectivity index (χ0n) is 16.2. The van der Waals surface area contributed by atoms with Gasteiger partial charge in [0.05, 0.1) is 4.88 Å². The van der Waals surface area contributed by atoms with Crippen molar-refractivity contribution in [2.24, 2.45) is 0 Å². The Kier molecular flexibility index (Phi) is 5.97. The van der Waals surface area contributed by atoms with Crippen LogP contribution in [-0.2, 0) is 6.61 Å². The van der Waals surface area contributed by atoms with Gasteiger partial charge in [0, 0.05) is 11.3 Å². The Labute approximate surface area is 165 Å². The molecule has 0 unspecified atom stereocenters. The Bertz CT molecular complexity index is 926. The Balaban J connectivity index is 1.60. The molecule has 0 saturated carbocycles. The Morgan fingerprint density at radius 2 is 1.85 bits per heavy atom. The summed E-state index contributed by atoms with van der Waals surface area (Å²) in [6.07, 6.45) is 0. The molecule has 3 aromatic rings. The fourth-order valence-corrected chi connectivity index (χ4v) is 3.55. The van der Waals surface area contributed by atoms with E-state index in [2.05, 4.69) is 31.3 Å². The third kappa shape index (κ3) is 4.77. The SMILES string of the molecule is Cc1cccc(NC(=O)c2cc(COc3ccc(C(C)C)cc3)cs2)c1C. The molecular formula is C23H25NO2S. The minimum Gasteiger partial charge on any atom is -0.489 e. The van der Waals surface area contributed by atoms with Crippen LogP contribution >= 0.6 is 11.3 Å². The molecule has 3 nitrogen and oxygen atoms in total. The fourth-order valence-electron chi connectivity index (χ4n) is 2.76. The number of hydrogen-bond acceptors (Lipinski definition) is 3. The monoisotopic (exact) mass is 379 g/mol. The summed E-state index contributed by atoms with van der Waals surface area (Å²) in [4.78, 5) is 13.2. The summed E-state index contributed by atoms with van der Waals surface area (Å²) >= 11 is 1.44. The van der Waals surface area contributed by atoms with Crippen LogP contribution in [-0.4, -0.2) is 5.91 Å². The van der Waals surface area contributed by atoms with Gasteiger partial charge >= 0.3 is 0 Å². The molecule has 0 radical (unpaired) electrons. The maximum atomic E-state index is 12.5. The number of amides is 1. The van der Waals surface area contributed by atoms with Crippen molar-refractivity contribution in [1.82, 2.24) is 0 Å². The molecule has 1 N–H and O–H groups in total. The van der Waals surface area contributed by atoms with E-state index in [-0.39, 0.29) is 5.91 Å². The maximum absolute atomic E-state index is 12.5. The Morgan fingerprint density at radius 3 is 2.56 bits per heavy atom. The van der Waals surface area contributed by atoms with Gasteiger partial charge < -0.3 is 10.1 Å². The van der Waals surface area contributed by atoms with Gasteiger partial charge in [0.2, 0.25) is 0 Å². The van der Waals surface area contributed by atoms with Crippen LogP contribution in [0.5, 0.6) is 5.75 Å². The van der Waals surface area contributed by atoms with E-state index < -0.39 is 0 Å². The molecule has 140 valence electrons. The second kappa shape index (κ2) is 8.40. The molecule has 4 heteroatoms. The van der Waals surface area contributed by atoms with Crippen LogP contribution in [0, 0.1) is 13.8 Å². The average Bonchev–Trinajstić information content (AvgIpc) is 3.13. The predicted molar refractivity (Wildman–Crippen MR) is 113 cm³/mol. The van der Waals surface area contributed by atoms with Gasteiger partial charge in [-0.25, -0.2) is 0 Å². The third-order valence-corrected chi connectivity index (χ3v) is 5.66. The highest BCUT2D eigenvalue weighted by Crippen LogP contribution is 2.23. The maximum Gasteiger partial charge on any atom is 0.265 e. The number of ether oxygens (including phenoxy) is 1. The number of carbonyl (C=O) groups excluding carboxylic acids is 1. The first-order valence-corrected chi connectivity index (χ1v) is 9.99. The van der Waals surface area contributed by atoms with Gasteiger partial charge in [-0.1, -0.05) is 38.1 Å². The van der Waals surface area contributed by atoms with Gasteiger partial charge in [-0.15, -0.1) is 11.3 Å². The van der Waals surface area contributed by atoms with E-state index in [9.17, 15) is 4.79 Å². The highest BCUT2D eigenvalue weighted by molar-refractivity contribution is 7.12. The van der Waals surface area contributed by atoms with Crippen molar-refractivity contribution in [2.45, 2.75) is 40.2 Å². The number of hydrogen-bond donors (Lipinski definition) is 1. The molecule has 27 heavy (non-hydrogen) atoms. The van der Waals surface area contributed by atoms with E-state index in [0.29, 0.717) is 17.4 Å². The van der Waals surface area contributed by atoms with Crippen LogP contribution in [0.25, 0.3) is 0 Å². The molecule has 2 aromatic carbocycles. The molecule has 0 aliphatic carbocycles. The third-order valence-electron chi connectivity index (χ3n) is 4.68. The molecule has 0 bridgehead atoms. The second-order valence-electron chi connectivity index (χ2n) is 7.03. The number of nitrogens with one attached hydrogen (secondary N) is 1. The molecule has 0 saturated heterocycles. The van der Waals surface area contributed by atoms with Crippen LogP contribution in [0.2, 0.25) is 0 Å². The molecule has 1 aromatic heterocycles. The minimum atomic E-state index is -0.0822. The van der Waals surface area contributed by atoms with Gasteiger partial charge in [-0.05, 0) is 66.1 Å². The lowest BCUT2D eigenvalue weighted by Crippen LogP contribution is -2.11. The number of carbonyl (C=O) groups is 1.